The van der Waals surface area contributed by atoms with Crippen molar-refractivity contribution in [1.29, 1.82) is 0 Å². The van der Waals surface area contributed by atoms with Gasteiger partial charge in [-0.25, -0.2) is 0 Å². The molecule has 0 unspecified atom stereocenters. The number of benzene rings is 1. The van der Waals surface area contributed by atoms with Crippen LogP contribution in [0.2, 0.25) is 0 Å². The number of hydrogen-bond donors (Lipinski definition) is 0. The van der Waals surface area contributed by atoms with Crippen LogP contribution in [0.3, 0.4) is 0 Å². The summed E-state index contributed by atoms with van der Waals surface area (Å²) in [5, 5.41) is 0. The fourth-order valence-electron chi connectivity index (χ4n) is 1.46. The number of aromatic nitrogens is 1. The number of pyridine rings is 1. The highest BCUT2D eigenvalue weighted by Gasteiger charge is 2.01. The first kappa shape index (κ1) is 9.59. The maximum atomic E-state index is 10.6. The summed E-state index contributed by atoms with van der Waals surface area (Å²) in [4.78, 5) is 14.9. The third-order valence-electron chi connectivity index (χ3n) is 2.35. The molecule has 0 saturated heterocycles. The van der Waals surface area contributed by atoms with Crippen molar-refractivity contribution in [1.82, 2.24) is 4.98 Å². The third-order valence-corrected chi connectivity index (χ3v) is 2.35. The van der Waals surface area contributed by atoms with E-state index >= 15 is 0 Å². The number of aryl methyl sites for hydroxylation is 1. The second-order valence-electron chi connectivity index (χ2n) is 3.41. The van der Waals surface area contributed by atoms with Gasteiger partial charge in [-0.15, -0.1) is 0 Å². The molecule has 0 fully saturated rings. The Morgan fingerprint density at radius 1 is 1.20 bits per heavy atom. The van der Waals surface area contributed by atoms with Gasteiger partial charge in [0.2, 0.25) is 0 Å². The first-order chi connectivity index (χ1) is 7.31. The van der Waals surface area contributed by atoms with Gasteiger partial charge >= 0.3 is 0 Å². The van der Waals surface area contributed by atoms with E-state index in [1.54, 1.807) is 6.20 Å². The molecule has 1 aromatic carbocycles. The summed E-state index contributed by atoms with van der Waals surface area (Å²) in [7, 11) is 0. The summed E-state index contributed by atoms with van der Waals surface area (Å²) < 4.78 is 0. The molecular weight excluding hydrogens is 186 g/mol. The van der Waals surface area contributed by atoms with Crippen LogP contribution in [0.5, 0.6) is 0 Å². The van der Waals surface area contributed by atoms with Gasteiger partial charge in [-0.2, -0.15) is 0 Å². The molecule has 0 aliphatic heterocycles. The Labute approximate surface area is 88.6 Å². The molecule has 0 amide bonds. The van der Waals surface area contributed by atoms with E-state index in [9.17, 15) is 4.79 Å². The minimum Gasteiger partial charge on any atom is -0.298 e. The molecule has 0 saturated carbocycles. The van der Waals surface area contributed by atoms with Crippen LogP contribution in [0, 0.1) is 6.92 Å². The Balaban J connectivity index is 2.47. The zero-order valence-electron chi connectivity index (χ0n) is 8.47. The lowest BCUT2D eigenvalue weighted by molar-refractivity contribution is 0.112. The molecule has 2 nitrogen and oxygen atoms in total. The van der Waals surface area contributed by atoms with Crippen LogP contribution in [0.4, 0.5) is 0 Å². The lowest BCUT2D eigenvalue weighted by Crippen LogP contribution is -1.91. The van der Waals surface area contributed by atoms with Gasteiger partial charge in [0.15, 0.2) is 6.29 Å². The van der Waals surface area contributed by atoms with Crippen molar-refractivity contribution >= 4 is 6.29 Å². The van der Waals surface area contributed by atoms with Crippen molar-refractivity contribution in [2.24, 2.45) is 0 Å². The Kier molecular flexibility index (Phi) is 2.59. The van der Waals surface area contributed by atoms with Gasteiger partial charge < -0.3 is 0 Å². The second-order valence-corrected chi connectivity index (χ2v) is 3.41. The van der Waals surface area contributed by atoms with Gasteiger partial charge in [0.05, 0.1) is 5.69 Å². The molecule has 2 rings (SSSR count). The largest absolute Gasteiger partial charge is 0.298 e. The van der Waals surface area contributed by atoms with Crippen LogP contribution < -0.4 is 0 Å². The predicted octanol–water partition coefficient (Wildman–Crippen LogP) is 2.87. The lowest BCUT2D eigenvalue weighted by Gasteiger charge is -2.03. The highest BCUT2D eigenvalue weighted by molar-refractivity contribution is 5.77. The van der Waals surface area contributed by atoms with Crippen molar-refractivity contribution in [3.63, 3.8) is 0 Å². The zero-order valence-corrected chi connectivity index (χ0v) is 8.47. The van der Waals surface area contributed by atoms with Gasteiger partial charge in [0, 0.05) is 17.3 Å². The van der Waals surface area contributed by atoms with Crippen LogP contribution in [-0.2, 0) is 0 Å². The van der Waals surface area contributed by atoms with Crippen molar-refractivity contribution in [2.75, 3.05) is 0 Å². The molecule has 1 aromatic heterocycles. The maximum absolute atomic E-state index is 10.6. The quantitative estimate of drug-likeness (QED) is 0.693. The smallest absolute Gasteiger partial charge is 0.151 e. The van der Waals surface area contributed by atoms with Crippen LogP contribution in [0.25, 0.3) is 11.3 Å². The normalized spacial score (nSPS) is 9.93. The average molecular weight is 197 g/mol. The standard InChI is InChI=1S/C13H11NO/c1-10-7-13(14-8-12(10)9-15)11-5-3-2-4-6-11/h2-9H,1H3. The summed E-state index contributed by atoms with van der Waals surface area (Å²) in [5.74, 6) is 0. The maximum Gasteiger partial charge on any atom is 0.151 e. The van der Waals surface area contributed by atoms with E-state index in [4.69, 9.17) is 0 Å². The Hall–Kier alpha value is -1.96. The minimum absolute atomic E-state index is 0.648. The van der Waals surface area contributed by atoms with Crippen LogP contribution in [0.15, 0.2) is 42.6 Å². The number of nitrogens with zero attached hydrogens (tertiary/aromatic N) is 1. The highest BCUT2D eigenvalue weighted by atomic mass is 16.1. The third kappa shape index (κ3) is 1.94. The summed E-state index contributed by atoms with van der Waals surface area (Å²) in [6.07, 6.45) is 2.45. The molecule has 0 atom stereocenters. The molecule has 0 aliphatic rings. The minimum atomic E-state index is 0.648. The van der Waals surface area contributed by atoms with Crippen molar-refractivity contribution in [3.8, 4) is 11.3 Å². The van der Waals surface area contributed by atoms with E-state index in [1.807, 2.05) is 43.3 Å². The van der Waals surface area contributed by atoms with Gasteiger partial charge in [0.25, 0.3) is 0 Å². The summed E-state index contributed by atoms with van der Waals surface area (Å²) in [6.45, 7) is 1.91. The Morgan fingerprint density at radius 2 is 1.93 bits per heavy atom. The molecule has 1 heterocycles. The topological polar surface area (TPSA) is 30.0 Å². The summed E-state index contributed by atoms with van der Waals surface area (Å²) in [6, 6.07) is 11.8. The predicted molar refractivity (Wildman–Crippen MR) is 59.8 cm³/mol. The fraction of sp³-hybridized carbons (Fsp3) is 0.0769. The van der Waals surface area contributed by atoms with Gasteiger partial charge in [-0.05, 0) is 18.6 Å². The van der Waals surface area contributed by atoms with E-state index in [0.29, 0.717) is 5.56 Å². The SMILES string of the molecule is Cc1cc(-c2ccccc2)ncc1C=O. The number of hydrogen-bond acceptors (Lipinski definition) is 2. The fourth-order valence-corrected chi connectivity index (χ4v) is 1.46. The van der Waals surface area contributed by atoms with Crippen LogP contribution in [-0.4, -0.2) is 11.3 Å². The van der Waals surface area contributed by atoms with E-state index in [-0.39, 0.29) is 0 Å². The molecule has 0 radical (unpaired) electrons. The number of carbonyl (C=O) groups excluding carboxylic acids is 1. The number of carbonyl (C=O) groups is 1. The molecule has 74 valence electrons. The van der Waals surface area contributed by atoms with E-state index in [1.165, 1.54) is 0 Å². The van der Waals surface area contributed by atoms with Gasteiger partial charge in [-0.1, -0.05) is 30.3 Å². The van der Waals surface area contributed by atoms with E-state index < -0.39 is 0 Å². The monoisotopic (exact) mass is 197 g/mol. The zero-order chi connectivity index (χ0) is 10.7. The Bertz CT molecular complexity index is 477. The first-order valence-corrected chi connectivity index (χ1v) is 4.78. The van der Waals surface area contributed by atoms with E-state index in [2.05, 4.69) is 4.98 Å². The Morgan fingerprint density at radius 3 is 2.53 bits per heavy atom. The van der Waals surface area contributed by atoms with E-state index in [0.717, 1.165) is 23.1 Å². The molecular formula is C13H11NO. The molecule has 2 heteroatoms. The first-order valence-electron chi connectivity index (χ1n) is 4.78. The van der Waals surface area contributed by atoms with Gasteiger partial charge in [0.1, 0.15) is 0 Å². The van der Waals surface area contributed by atoms with Crippen molar-refractivity contribution in [3.05, 3.63) is 53.7 Å². The van der Waals surface area contributed by atoms with Crippen LogP contribution in [0.1, 0.15) is 15.9 Å². The molecule has 0 N–H and O–H groups in total. The summed E-state index contributed by atoms with van der Waals surface area (Å²) >= 11 is 0. The van der Waals surface area contributed by atoms with Gasteiger partial charge in [-0.3, -0.25) is 9.78 Å². The molecule has 0 spiro atoms. The lowest BCUT2D eigenvalue weighted by atomic mass is 10.1. The highest BCUT2D eigenvalue weighted by Crippen LogP contribution is 2.18. The molecule has 2 aromatic rings. The van der Waals surface area contributed by atoms with Crippen molar-refractivity contribution < 1.29 is 4.79 Å². The van der Waals surface area contributed by atoms with Crippen LogP contribution >= 0.6 is 0 Å². The summed E-state index contributed by atoms with van der Waals surface area (Å²) in [5.41, 5.74) is 3.57. The second kappa shape index (κ2) is 4.05. The average Bonchev–Trinajstić information content (AvgIpc) is 2.30. The number of rotatable bonds is 2. The molecule has 15 heavy (non-hydrogen) atoms. The molecule has 0 aliphatic carbocycles. The molecule has 0 bridgehead atoms. The number of aldehydes is 1. The van der Waals surface area contributed by atoms with Crippen molar-refractivity contribution in [2.45, 2.75) is 6.92 Å².